The fraction of sp³-hybridized carbons (Fsp3) is 0.364. The Labute approximate surface area is 181 Å². The molecular formula is C22H25ClN2O5. The number of fused-ring (bicyclic) bond motifs is 1. The van der Waals surface area contributed by atoms with E-state index in [0.717, 1.165) is 5.56 Å². The lowest BCUT2D eigenvalue weighted by atomic mass is 10.1. The fourth-order valence-corrected chi connectivity index (χ4v) is 3.43. The van der Waals surface area contributed by atoms with Gasteiger partial charge >= 0.3 is 0 Å². The molecular weight excluding hydrogens is 408 g/mol. The Kier molecular flexibility index (Phi) is 7.05. The molecule has 8 heteroatoms. The molecule has 3 rings (SSSR count). The van der Waals surface area contributed by atoms with Gasteiger partial charge in [0, 0.05) is 18.1 Å². The Morgan fingerprint density at radius 3 is 2.70 bits per heavy atom. The molecule has 0 atom stereocenters. The molecule has 1 aliphatic heterocycles. The summed E-state index contributed by atoms with van der Waals surface area (Å²) in [6.45, 7) is 5.03. The van der Waals surface area contributed by atoms with E-state index in [1.54, 1.807) is 30.2 Å². The Bertz CT molecular complexity index is 934. The number of ether oxygens (including phenoxy) is 3. The van der Waals surface area contributed by atoms with Crippen LogP contribution in [0.5, 0.6) is 17.2 Å². The van der Waals surface area contributed by atoms with Crippen LogP contribution < -0.4 is 19.1 Å². The van der Waals surface area contributed by atoms with Gasteiger partial charge in [0.1, 0.15) is 12.3 Å². The molecule has 0 aliphatic carbocycles. The molecule has 0 N–H and O–H groups in total. The highest BCUT2D eigenvalue weighted by molar-refractivity contribution is 6.31. The highest BCUT2D eigenvalue weighted by Crippen LogP contribution is 2.34. The molecule has 0 saturated carbocycles. The minimum absolute atomic E-state index is 0.0858. The molecule has 0 bridgehead atoms. The van der Waals surface area contributed by atoms with Crippen molar-refractivity contribution in [3.05, 3.63) is 47.0 Å². The second kappa shape index (κ2) is 9.71. The molecule has 160 valence electrons. The van der Waals surface area contributed by atoms with E-state index in [-0.39, 0.29) is 25.0 Å². The van der Waals surface area contributed by atoms with Crippen LogP contribution in [-0.2, 0) is 16.1 Å². The number of amides is 2. The van der Waals surface area contributed by atoms with E-state index in [4.69, 9.17) is 25.8 Å². The maximum absolute atomic E-state index is 13.0. The lowest BCUT2D eigenvalue weighted by Crippen LogP contribution is -2.46. The third kappa shape index (κ3) is 4.79. The van der Waals surface area contributed by atoms with Crippen LogP contribution in [0.3, 0.4) is 0 Å². The minimum Gasteiger partial charge on any atom is -0.493 e. The lowest BCUT2D eigenvalue weighted by Gasteiger charge is -2.31. The van der Waals surface area contributed by atoms with Gasteiger partial charge in [0.05, 0.1) is 19.4 Å². The number of methoxy groups -OCH3 is 1. The first-order valence-electron chi connectivity index (χ1n) is 9.77. The van der Waals surface area contributed by atoms with Crippen molar-refractivity contribution in [3.63, 3.8) is 0 Å². The van der Waals surface area contributed by atoms with Crippen LogP contribution in [-0.4, -0.2) is 50.1 Å². The Hall–Kier alpha value is -2.93. The second-order valence-corrected chi connectivity index (χ2v) is 7.14. The van der Waals surface area contributed by atoms with Gasteiger partial charge in [0.2, 0.25) is 5.91 Å². The normalized spacial score (nSPS) is 12.8. The molecule has 0 saturated heterocycles. The van der Waals surface area contributed by atoms with E-state index in [1.165, 1.54) is 4.90 Å². The first kappa shape index (κ1) is 21.8. The van der Waals surface area contributed by atoms with Crippen molar-refractivity contribution in [1.82, 2.24) is 4.90 Å². The van der Waals surface area contributed by atoms with Crippen LogP contribution in [0.15, 0.2) is 36.4 Å². The summed E-state index contributed by atoms with van der Waals surface area (Å²) in [5.74, 6) is 1.35. The van der Waals surface area contributed by atoms with Crippen LogP contribution in [0.1, 0.15) is 19.4 Å². The minimum atomic E-state index is -0.281. The number of rotatable bonds is 8. The second-order valence-electron chi connectivity index (χ2n) is 6.71. The molecule has 0 unspecified atom stereocenters. The van der Waals surface area contributed by atoms with E-state index < -0.39 is 0 Å². The van der Waals surface area contributed by atoms with E-state index in [2.05, 4.69) is 0 Å². The number of anilines is 1. The maximum atomic E-state index is 13.0. The summed E-state index contributed by atoms with van der Waals surface area (Å²) in [4.78, 5) is 28.5. The molecule has 0 spiro atoms. The van der Waals surface area contributed by atoms with Crippen molar-refractivity contribution in [1.29, 1.82) is 0 Å². The van der Waals surface area contributed by atoms with Crippen LogP contribution in [0, 0.1) is 0 Å². The first-order chi connectivity index (χ1) is 14.5. The van der Waals surface area contributed by atoms with Crippen LogP contribution in [0.2, 0.25) is 5.02 Å². The summed E-state index contributed by atoms with van der Waals surface area (Å²) in [6.07, 6.45) is 0. The van der Waals surface area contributed by atoms with Crippen LogP contribution in [0.25, 0.3) is 0 Å². The average Bonchev–Trinajstić information content (AvgIpc) is 2.75. The van der Waals surface area contributed by atoms with E-state index in [0.29, 0.717) is 47.7 Å². The molecule has 2 amide bonds. The van der Waals surface area contributed by atoms with Gasteiger partial charge in [-0.2, -0.15) is 0 Å². The average molecular weight is 433 g/mol. The van der Waals surface area contributed by atoms with Gasteiger partial charge in [-0.25, -0.2) is 0 Å². The first-order valence-corrected chi connectivity index (χ1v) is 10.1. The van der Waals surface area contributed by atoms with Crippen molar-refractivity contribution in [2.75, 3.05) is 38.3 Å². The highest BCUT2D eigenvalue weighted by atomic mass is 35.5. The van der Waals surface area contributed by atoms with Crippen molar-refractivity contribution in [2.24, 2.45) is 0 Å². The quantitative estimate of drug-likeness (QED) is 0.638. The monoisotopic (exact) mass is 432 g/mol. The highest BCUT2D eigenvalue weighted by Gasteiger charge is 2.29. The third-order valence-electron chi connectivity index (χ3n) is 4.79. The zero-order valence-electron chi connectivity index (χ0n) is 17.3. The van der Waals surface area contributed by atoms with Crippen molar-refractivity contribution < 1.29 is 23.8 Å². The van der Waals surface area contributed by atoms with Gasteiger partial charge in [-0.3, -0.25) is 14.5 Å². The number of likely N-dealkylation sites (N-methyl/N-ethyl adjacent to an activating group) is 1. The number of benzene rings is 2. The van der Waals surface area contributed by atoms with Crippen molar-refractivity contribution in [2.45, 2.75) is 20.4 Å². The molecule has 0 aromatic heterocycles. The molecule has 30 heavy (non-hydrogen) atoms. The molecule has 2 aromatic rings. The van der Waals surface area contributed by atoms with Gasteiger partial charge in [-0.15, -0.1) is 0 Å². The maximum Gasteiger partial charge on any atom is 0.265 e. The molecule has 7 nitrogen and oxygen atoms in total. The Morgan fingerprint density at radius 1 is 1.20 bits per heavy atom. The third-order valence-corrected chi connectivity index (χ3v) is 5.03. The number of halogens is 1. The summed E-state index contributed by atoms with van der Waals surface area (Å²) in [7, 11) is 1.58. The number of hydrogen-bond acceptors (Lipinski definition) is 5. The Balaban J connectivity index is 1.76. The molecule has 0 radical (unpaired) electrons. The standard InChI is InChI=1S/C22H25ClN2O5/c1-4-24(12-15-6-8-19(29-5-2)20(10-15)28-3)21(26)13-25-17-11-16(23)7-9-18(17)30-14-22(25)27/h6-11H,4-5,12-14H2,1-3H3. The van der Waals surface area contributed by atoms with E-state index >= 15 is 0 Å². The summed E-state index contributed by atoms with van der Waals surface area (Å²) >= 11 is 6.08. The molecule has 0 fully saturated rings. The molecule has 1 heterocycles. The summed E-state index contributed by atoms with van der Waals surface area (Å²) in [5.41, 5.74) is 1.41. The predicted molar refractivity (Wildman–Crippen MR) is 115 cm³/mol. The molecule has 1 aliphatic rings. The van der Waals surface area contributed by atoms with E-state index in [9.17, 15) is 9.59 Å². The number of hydrogen-bond donors (Lipinski definition) is 0. The van der Waals surface area contributed by atoms with Crippen LogP contribution in [0.4, 0.5) is 5.69 Å². The summed E-state index contributed by atoms with van der Waals surface area (Å²) in [5, 5.41) is 0.471. The summed E-state index contributed by atoms with van der Waals surface area (Å²) in [6, 6.07) is 10.6. The van der Waals surface area contributed by atoms with Crippen LogP contribution >= 0.6 is 11.6 Å². The summed E-state index contributed by atoms with van der Waals surface area (Å²) < 4.78 is 16.4. The van der Waals surface area contributed by atoms with Gasteiger partial charge in [-0.05, 0) is 49.7 Å². The predicted octanol–water partition coefficient (Wildman–Crippen LogP) is 3.52. The van der Waals surface area contributed by atoms with Gasteiger partial charge < -0.3 is 19.1 Å². The topological polar surface area (TPSA) is 68.3 Å². The zero-order chi connectivity index (χ0) is 21.7. The SMILES string of the molecule is CCOc1ccc(CN(CC)C(=O)CN2C(=O)COc3ccc(Cl)cc32)cc1OC. The van der Waals surface area contributed by atoms with Gasteiger partial charge in [-0.1, -0.05) is 17.7 Å². The van der Waals surface area contributed by atoms with Gasteiger partial charge in [0.25, 0.3) is 5.91 Å². The zero-order valence-corrected chi connectivity index (χ0v) is 18.1. The number of carbonyl (C=O) groups is 2. The van der Waals surface area contributed by atoms with E-state index in [1.807, 2.05) is 32.0 Å². The number of carbonyl (C=O) groups excluding carboxylic acids is 2. The largest absolute Gasteiger partial charge is 0.493 e. The number of nitrogens with zero attached hydrogens (tertiary/aromatic N) is 2. The van der Waals surface area contributed by atoms with Gasteiger partial charge in [0.15, 0.2) is 18.1 Å². The molecule has 2 aromatic carbocycles. The smallest absolute Gasteiger partial charge is 0.265 e. The fourth-order valence-electron chi connectivity index (χ4n) is 3.27. The van der Waals surface area contributed by atoms with Crippen molar-refractivity contribution >= 4 is 29.1 Å². The Morgan fingerprint density at radius 2 is 2.00 bits per heavy atom. The van der Waals surface area contributed by atoms with Crippen molar-refractivity contribution in [3.8, 4) is 17.2 Å². The lowest BCUT2D eigenvalue weighted by molar-refractivity contribution is -0.132.